The van der Waals surface area contributed by atoms with E-state index in [1.54, 1.807) is 0 Å². The first-order chi connectivity index (χ1) is 17.7. The molecule has 194 valence electrons. The van der Waals surface area contributed by atoms with Gasteiger partial charge in [0, 0.05) is 46.6 Å². The first-order valence-corrected chi connectivity index (χ1v) is 11.9. The first-order valence-electron chi connectivity index (χ1n) is 11.9. The molecule has 0 radical (unpaired) electrons. The van der Waals surface area contributed by atoms with Gasteiger partial charge >= 0.3 is 11.9 Å². The quantitative estimate of drug-likeness (QED) is 0.269. The maximum atomic E-state index is 12.6. The predicted octanol–water partition coefficient (Wildman–Crippen LogP) is 3.80. The molecule has 9 heteroatoms. The number of aromatic nitrogens is 1. The van der Waals surface area contributed by atoms with Crippen molar-refractivity contribution in [3.05, 3.63) is 78.4 Å². The summed E-state index contributed by atoms with van der Waals surface area (Å²) >= 11 is 0. The third-order valence-corrected chi connectivity index (χ3v) is 5.99. The molecule has 0 aliphatic heterocycles. The largest absolute Gasteiger partial charge is 0.473 e. The maximum Gasteiger partial charge on any atom is 0.414 e. The molecule has 1 amide bonds. The van der Waals surface area contributed by atoms with Crippen molar-refractivity contribution in [2.24, 2.45) is 0 Å². The summed E-state index contributed by atoms with van der Waals surface area (Å²) in [5, 5.41) is 23.5. The standard InChI is InChI=1S/C26H30N4O.C2H2O4/c1-4-30-23-13-9-8-12-21(23)22-16-20(14-15-24(22)30)28-26(31)18-27-17-25(29(2)3)19-10-6-5-7-11-19;3-1(4)2(5)6/h5-16,25,27H,4,17-18H2,1-3H3,(H,28,31);(H,3,4)(H,5,6). The summed E-state index contributed by atoms with van der Waals surface area (Å²) in [6.45, 7) is 4.04. The zero-order chi connectivity index (χ0) is 26.9. The number of rotatable bonds is 8. The van der Waals surface area contributed by atoms with Gasteiger partial charge in [-0.25, -0.2) is 9.59 Å². The molecule has 37 heavy (non-hydrogen) atoms. The molecule has 0 spiro atoms. The topological polar surface area (TPSA) is 124 Å². The van der Waals surface area contributed by atoms with Crippen molar-refractivity contribution in [3.63, 3.8) is 0 Å². The van der Waals surface area contributed by atoms with Crippen LogP contribution >= 0.6 is 0 Å². The smallest absolute Gasteiger partial charge is 0.414 e. The summed E-state index contributed by atoms with van der Waals surface area (Å²) in [6, 6.07) is 25.1. The lowest BCUT2D eigenvalue weighted by atomic mass is 10.1. The van der Waals surface area contributed by atoms with E-state index in [2.05, 4.69) is 89.7 Å². The number of benzene rings is 3. The van der Waals surface area contributed by atoms with Crippen LogP contribution in [0.15, 0.2) is 72.8 Å². The number of likely N-dealkylation sites (N-methyl/N-ethyl adjacent to an activating group) is 1. The fourth-order valence-electron chi connectivity index (χ4n) is 4.27. The lowest BCUT2D eigenvalue weighted by Crippen LogP contribution is -2.35. The van der Waals surface area contributed by atoms with Crippen molar-refractivity contribution in [2.75, 3.05) is 32.5 Å². The lowest BCUT2D eigenvalue weighted by molar-refractivity contribution is -0.159. The van der Waals surface area contributed by atoms with Crippen LogP contribution in [-0.2, 0) is 20.9 Å². The number of carboxylic acid groups (broad SMARTS) is 2. The number of anilines is 1. The second-order valence-electron chi connectivity index (χ2n) is 8.67. The van der Waals surface area contributed by atoms with Crippen LogP contribution in [0.3, 0.4) is 0 Å². The van der Waals surface area contributed by atoms with E-state index in [0.29, 0.717) is 6.54 Å². The van der Waals surface area contributed by atoms with Crippen LogP contribution in [0.5, 0.6) is 0 Å². The number of fused-ring (bicyclic) bond motifs is 3. The Morgan fingerprint density at radius 1 is 0.865 bits per heavy atom. The molecule has 1 unspecified atom stereocenters. The Kier molecular flexibility index (Phi) is 9.37. The molecule has 0 fully saturated rings. The number of hydrogen-bond acceptors (Lipinski definition) is 5. The van der Waals surface area contributed by atoms with Gasteiger partial charge in [-0.3, -0.25) is 4.79 Å². The predicted molar refractivity (Wildman–Crippen MR) is 145 cm³/mol. The van der Waals surface area contributed by atoms with Gasteiger partial charge < -0.3 is 30.3 Å². The summed E-state index contributed by atoms with van der Waals surface area (Å²) in [5.74, 6) is -3.69. The fraction of sp³-hybridized carbons (Fsp3) is 0.250. The normalized spacial score (nSPS) is 11.7. The molecule has 3 aromatic carbocycles. The van der Waals surface area contributed by atoms with Crippen LogP contribution in [0.2, 0.25) is 0 Å². The Balaban J connectivity index is 0.000000568. The minimum absolute atomic E-state index is 0.0378. The summed E-state index contributed by atoms with van der Waals surface area (Å²) in [6.07, 6.45) is 0. The van der Waals surface area contributed by atoms with Crippen LogP contribution in [0, 0.1) is 0 Å². The number of carbonyl (C=O) groups excluding carboxylic acids is 1. The lowest BCUT2D eigenvalue weighted by Gasteiger charge is -2.25. The van der Waals surface area contributed by atoms with Gasteiger partial charge in [0.15, 0.2) is 0 Å². The van der Waals surface area contributed by atoms with Gasteiger partial charge in [0.05, 0.1) is 6.54 Å². The molecule has 0 bridgehead atoms. The van der Waals surface area contributed by atoms with Crippen LogP contribution in [-0.4, -0.2) is 64.7 Å². The maximum absolute atomic E-state index is 12.6. The number of para-hydroxylation sites is 1. The number of nitrogens with zero attached hydrogens (tertiary/aromatic N) is 2. The molecule has 0 saturated carbocycles. The number of amides is 1. The molecule has 1 aromatic heterocycles. The molecule has 4 N–H and O–H groups in total. The Labute approximate surface area is 215 Å². The highest BCUT2D eigenvalue weighted by Gasteiger charge is 2.14. The molecule has 4 rings (SSSR count). The zero-order valence-corrected chi connectivity index (χ0v) is 21.1. The average Bonchev–Trinajstić information content (AvgIpc) is 3.20. The molecular weight excluding hydrogens is 472 g/mol. The van der Waals surface area contributed by atoms with Crippen LogP contribution < -0.4 is 10.6 Å². The molecule has 1 atom stereocenters. The van der Waals surface area contributed by atoms with Crippen molar-refractivity contribution in [3.8, 4) is 0 Å². The molecular formula is C28H32N4O5. The minimum Gasteiger partial charge on any atom is -0.473 e. The number of hydrogen-bond donors (Lipinski definition) is 4. The van der Waals surface area contributed by atoms with Crippen molar-refractivity contribution in [2.45, 2.75) is 19.5 Å². The second-order valence-corrected chi connectivity index (χ2v) is 8.67. The van der Waals surface area contributed by atoms with E-state index in [-0.39, 0.29) is 18.5 Å². The van der Waals surface area contributed by atoms with E-state index in [1.807, 2.05) is 24.3 Å². The molecule has 0 aliphatic carbocycles. The van der Waals surface area contributed by atoms with E-state index in [9.17, 15) is 4.79 Å². The Hall–Kier alpha value is -4.21. The molecule has 1 heterocycles. The van der Waals surface area contributed by atoms with E-state index < -0.39 is 11.9 Å². The Morgan fingerprint density at radius 3 is 2.11 bits per heavy atom. The van der Waals surface area contributed by atoms with Crippen LogP contribution in [0.1, 0.15) is 18.5 Å². The van der Waals surface area contributed by atoms with Crippen LogP contribution in [0.4, 0.5) is 5.69 Å². The summed E-state index contributed by atoms with van der Waals surface area (Å²) in [4.78, 5) is 32.9. The number of nitrogens with one attached hydrogen (secondary N) is 2. The highest BCUT2D eigenvalue weighted by molar-refractivity contribution is 6.27. The van der Waals surface area contributed by atoms with E-state index in [4.69, 9.17) is 19.8 Å². The molecule has 9 nitrogen and oxygen atoms in total. The first kappa shape index (κ1) is 27.4. The summed E-state index contributed by atoms with van der Waals surface area (Å²) < 4.78 is 2.31. The number of aliphatic carboxylic acids is 2. The van der Waals surface area contributed by atoms with Crippen molar-refractivity contribution in [1.29, 1.82) is 0 Å². The third-order valence-electron chi connectivity index (χ3n) is 5.99. The van der Waals surface area contributed by atoms with Crippen molar-refractivity contribution < 1.29 is 24.6 Å². The highest BCUT2D eigenvalue weighted by atomic mass is 16.4. The van der Waals surface area contributed by atoms with Gasteiger partial charge in [-0.2, -0.15) is 0 Å². The van der Waals surface area contributed by atoms with Crippen molar-refractivity contribution >= 4 is 45.3 Å². The van der Waals surface area contributed by atoms with Gasteiger partial charge in [-0.05, 0) is 50.8 Å². The van der Waals surface area contributed by atoms with Gasteiger partial charge in [0.2, 0.25) is 5.91 Å². The molecule has 0 aliphatic rings. The number of aryl methyl sites for hydroxylation is 1. The fourth-order valence-corrected chi connectivity index (χ4v) is 4.27. The Morgan fingerprint density at radius 2 is 1.49 bits per heavy atom. The average molecular weight is 505 g/mol. The van der Waals surface area contributed by atoms with Gasteiger partial charge in [0.25, 0.3) is 0 Å². The van der Waals surface area contributed by atoms with E-state index in [0.717, 1.165) is 12.2 Å². The second kappa shape index (κ2) is 12.7. The van der Waals surface area contributed by atoms with E-state index >= 15 is 0 Å². The van der Waals surface area contributed by atoms with Crippen LogP contribution in [0.25, 0.3) is 21.8 Å². The highest BCUT2D eigenvalue weighted by Crippen LogP contribution is 2.30. The summed E-state index contributed by atoms with van der Waals surface area (Å²) in [7, 11) is 4.11. The number of carboxylic acids is 2. The minimum atomic E-state index is -1.82. The van der Waals surface area contributed by atoms with Crippen molar-refractivity contribution in [1.82, 2.24) is 14.8 Å². The third kappa shape index (κ3) is 6.93. The monoisotopic (exact) mass is 504 g/mol. The summed E-state index contributed by atoms with van der Waals surface area (Å²) in [5.41, 5.74) is 4.47. The molecule has 4 aromatic rings. The Bertz CT molecular complexity index is 1370. The van der Waals surface area contributed by atoms with Gasteiger partial charge in [-0.1, -0.05) is 48.5 Å². The van der Waals surface area contributed by atoms with E-state index in [1.165, 1.54) is 27.4 Å². The zero-order valence-electron chi connectivity index (χ0n) is 21.1. The van der Waals surface area contributed by atoms with Gasteiger partial charge in [0.1, 0.15) is 0 Å². The SMILES string of the molecule is CCn1c2ccccc2c2cc(NC(=O)CNCC(c3ccccc3)N(C)C)ccc21.O=C(O)C(=O)O. The van der Waals surface area contributed by atoms with Gasteiger partial charge in [-0.15, -0.1) is 0 Å². The molecule has 0 saturated heterocycles. The number of carbonyl (C=O) groups is 3.